The molecule has 34 heavy (non-hydrogen) atoms. The molecule has 3 heterocycles. The Morgan fingerprint density at radius 3 is 2.53 bits per heavy atom. The number of fused-ring (bicyclic) bond motifs is 1. The van der Waals surface area contributed by atoms with E-state index in [1.54, 1.807) is 43.6 Å². The number of benzene rings is 2. The number of ether oxygens (including phenoxy) is 1. The van der Waals surface area contributed by atoms with Gasteiger partial charge in [0.05, 0.1) is 36.6 Å². The van der Waals surface area contributed by atoms with Crippen molar-refractivity contribution in [3.8, 4) is 6.07 Å². The molecule has 1 fully saturated rings. The first kappa shape index (κ1) is 23.1. The number of halogens is 3. The third-order valence-electron chi connectivity index (χ3n) is 6.40. The van der Waals surface area contributed by atoms with Gasteiger partial charge in [0, 0.05) is 29.4 Å². The van der Waals surface area contributed by atoms with E-state index < -0.39 is 5.54 Å². The summed E-state index contributed by atoms with van der Waals surface area (Å²) in [5, 5.41) is 18.4. The van der Waals surface area contributed by atoms with Gasteiger partial charge in [-0.1, -0.05) is 40.5 Å². The lowest BCUT2D eigenvalue weighted by Crippen LogP contribution is -2.45. The predicted octanol–water partition coefficient (Wildman–Crippen LogP) is 4.89. The maximum absolute atomic E-state index is 13.9. The van der Waals surface area contributed by atoms with E-state index >= 15 is 0 Å². The average Bonchev–Trinajstić information content (AvgIpc) is 3.45. The highest BCUT2D eigenvalue weighted by Crippen LogP contribution is 2.52. The largest absolute Gasteiger partial charge is 0.498 e. The summed E-state index contributed by atoms with van der Waals surface area (Å²) in [6.45, 7) is 0.457. The molecule has 2 aromatic carbocycles. The highest BCUT2D eigenvalue weighted by molar-refractivity contribution is 14.1. The van der Waals surface area contributed by atoms with Gasteiger partial charge in [-0.2, -0.15) is 5.26 Å². The molecular formula is C24H18Cl2IN5O2. The first-order chi connectivity index (χ1) is 16.4. The van der Waals surface area contributed by atoms with Crippen molar-refractivity contribution >= 4 is 57.3 Å². The summed E-state index contributed by atoms with van der Waals surface area (Å²) in [5.74, 6) is 0.444. The first-order valence-corrected chi connectivity index (χ1v) is 12.3. The summed E-state index contributed by atoms with van der Waals surface area (Å²) >= 11 is 14.7. The highest BCUT2D eigenvalue weighted by atomic mass is 127. The first-order valence-electron chi connectivity index (χ1n) is 10.5. The van der Waals surface area contributed by atoms with Gasteiger partial charge in [0.25, 0.3) is 5.91 Å². The van der Waals surface area contributed by atoms with E-state index in [9.17, 15) is 10.1 Å². The average molecular weight is 606 g/mol. The second-order valence-electron chi connectivity index (χ2n) is 8.36. The van der Waals surface area contributed by atoms with Crippen molar-refractivity contribution in [2.75, 3.05) is 13.7 Å². The van der Waals surface area contributed by atoms with Crippen LogP contribution in [0.3, 0.4) is 0 Å². The Balaban J connectivity index is 1.66. The number of nitrogens with zero attached hydrogens (tertiary/aromatic N) is 5. The predicted molar refractivity (Wildman–Crippen MR) is 136 cm³/mol. The van der Waals surface area contributed by atoms with Crippen LogP contribution >= 0.6 is 45.8 Å². The molecule has 2 aliphatic heterocycles. The molecule has 0 radical (unpaired) electrons. The number of nitriles is 1. The van der Waals surface area contributed by atoms with Gasteiger partial charge in [0.1, 0.15) is 15.0 Å². The van der Waals surface area contributed by atoms with Crippen LogP contribution in [0.25, 0.3) is 5.57 Å². The number of aromatic nitrogens is 3. The van der Waals surface area contributed by atoms with Crippen LogP contribution in [0.4, 0.5) is 0 Å². The zero-order valence-corrected chi connectivity index (χ0v) is 21.7. The number of methoxy groups -OCH3 is 1. The van der Waals surface area contributed by atoms with E-state index in [1.807, 2.05) is 21.7 Å². The normalized spacial score (nSPS) is 21.7. The van der Waals surface area contributed by atoms with Crippen LogP contribution in [0.15, 0.2) is 54.4 Å². The molecule has 10 heteroatoms. The van der Waals surface area contributed by atoms with Crippen LogP contribution in [0.1, 0.15) is 29.2 Å². The molecule has 1 aromatic heterocycles. The van der Waals surface area contributed by atoms with Gasteiger partial charge in [-0.3, -0.25) is 4.79 Å². The van der Waals surface area contributed by atoms with E-state index in [1.165, 1.54) is 0 Å². The minimum absolute atomic E-state index is 0.0635. The van der Waals surface area contributed by atoms with E-state index in [2.05, 4.69) is 39.0 Å². The Morgan fingerprint density at radius 2 is 1.94 bits per heavy atom. The summed E-state index contributed by atoms with van der Waals surface area (Å²) in [5.41, 5.74) is 1.93. The molecule has 5 rings (SSSR count). The molecule has 0 N–H and O–H groups in total. The van der Waals surface area contributed by atoms with Crippen LogP contribution in [-0.2, 0) is 16.0 Å². The van der Waals surface area contributed by atoms with E-state index in [4.69, 9.17) is 27.9 Å². The fraction of sp³-hybridized carbons (Fsp3) is 0.250. The van der Waals surface area contributed by atoms with Crippen LogP contribution in [0, 0.1) is 15.0 Å². The van der Waals surface area contributed by atoms with Crippen LogP contribution in [0.2, 0.25) is 10.0 Å². The number of carbonyl (C=O) groups excluding carboxylic acids is 1. The Labute approximate surface area is 220 Å². The maximum atomic E-state index is 13.9. The summed E-state index contributed by atoms with van der Waals surface area (Å²) in [4.78, 5) is 15.8. The van der Waals surface area contributed by atoms with Gasteiger partial charge >= 0.3 is 0 Å². The molecular weight excluding hydrogens is 588 g/mol. The molecule has 1 saturated heterocycles. The third-order valence-corrected chi connectivity index (χ3v) is 7.61. The van der Waals surface area contributed by atoms with E-state index in [0.717, 1.165) is 9.26 Å². The molecule has 0 aliphatic carbocycles. The monoisotopic (exact) mass is 605 g/mol. The van der Waals surface area contributed by atoms with Gasteiger partial charge in [-0.15, -0.1) is 5.10 Å². The Bertz CT molecular complexity index is 1340. The lowest BCUT2D eigenvalue weighted by atomic mass is 9.85. The molecule has 7 nitrogen and oxygen atoms in total. The number of hydrogen-bond acceptors (Lipinski definition) is 5. The number of carbonyl (C=O) groups is 1. The number of amides is 1. The van der Waals surface area contributed by atoms with Crippen molar-refractivity contribution < 1.29 is 9.53 Å². The zero-order valence-electron chi connectivity index (χ0n) is 18.0. The molecule has 0 bridgehead atoms. The Morgan fingerprint density at radius 1 is 1.24 bits per heavy atom. The molecule has 0 saturated carbocycles. The maximum Gasteiger partial charge on any atom is 0.258 e. The fourth-order valence-corrected chi connectivity index (χ4v) is 6.22. The van der Waals surface area contributed by atoms with E-state index in [0.29, 0.717) is 51.9 Å². The molecule has 172 valence electrons. The van der Waals surface area contributed by atoms with Crippen LogP contribution in [-0.4, -0.2) is 45.0 Å². The standard InChI is InChI=1S/C24H18Cl2IN5O2/c1-34-22-21(16-6-17(25)8-18(26)7-16)23(33)31-13-19(32-20(27)12-29-30-32)10-24(22,31)9-14-2-4-15(11-28)5-3-14/h2-8,12,19H,9-10,13H2,1H3/t19-,24-/m0/s1. The van der Waals surface area contributed by atoms with Gasteiger partial charge in [0.2, 0.25) is 0 Å². The van der Waals surface area contributed by atoms with Crippen molar-refractivity contribution in [3.05, 3.63) is 84.9 Å². The minimum Gasteiger partial charge on any atom is -0.498 e. The SMILES string of the molecule is COC1=C(c2cc(Cl)cc(Cl)c2)C(=O)N2C[C@@H](n3nncc3I)C[C@@]12Cc1ccc(C#N)cc1. The molecule has 2 aliphatic rings. The van der Waals surface area contributed by atoms with Crippen molar-refractivity contribution in [3.63, 3.8) is 0 Å². The van der Waals surface area contributed by atoms with Crippen molar-refractivity contribution in [1.29, 1.82) is 5.26 Å². The Kier molecular flexibility index (Phi) is 6.04. The van der Waals surface area contributed by atoms with Crippen LogP contribution < -0.4 is 0 Å². The van der Waals surface area contributed by atoms with Crippen molar-refractivity contribution in [2.24, 2.45) is 0 Å². The quantitative estimate of drug-likeness (QED) is 0.387. The molecule has 3 aromatic rings. The van der Waals surface area contributed by atoms with Gasteiger partial charge in [0.15, 0.2) is 0 Å². The zero-order chi connectivity index (χ0) is 24.0. The molecule has 0 unspecified atom stereocenters. The smallest absolute Gasteiger partial charge is 0.258 e. The van der Waals surface area contributed by atoms with Gasteiger partial charge in [-0.25, -0.2) is 4.68 Å². The summed E-state index contributed by atoms with van der Waals surface area (Å²) < 4.78 is 8.74. The summed E-state index contributed by atoms with van der Waals surface area (Å²) in [6, 6.07) is 14.6. The summed E-state index contributed by atoms with van der Waals surface area (Å²) in [6.07, 6.45) is 2.82. The van der Waals surface area contributed by atoms with Crippen molar-refractivity contribution in [1.82, 2.24) is 19.9 Å². The summed E-state index contributed by atoms with van der Waals surface area (Å²) in [7, 11) is 1.59. The second kappa shape index (κ2) is 8.87. The molecule has 0 spiro atoms. The highest BCUT2D eigenvalue weighted by Gasteiger charge is 2.59. The fourth-order valence-electron chi connectivity index (χ4n) is 5.08. The topological polar surface area (TPSA) is 84.0 Å². The molecule has 1 amide bonds. The van der Waals surface area contributed by atoms with Gasteiger partial charge in [-0.05, 0) is 64.0 Å². The lowest BCUT2D eigenvalue weighted by molar-refractivity contribution is -0.126. The molecule has 2 atom stereocenters. The van der Waals surface area contributed by atoms with E-state index in [-0.39, 0.29) is 11.9 Å². The number of hydrogen-bond donors (Lipinski definition) is 0. The third kappa shape index (κ3) is 3.76. The number of rotatable bonds is 5. The Hall–Kier alpha value is -2.61. The minimum atomic E-state index is -0.732. The van der Waals surface area contributed by atoms with Gasteiger partial charge < -0.3 is 9.64 Å². The lowest BCUT2D eigenvalue weighted by Gasteiger charge is -2.34. The second-order valence-corrected chi connectivity index (χ2v) is 10.3. The van der Waals surface area contributed by atoms with Crippen molar-refractivity contribution in [2.45, 2.75) is 24.4 Å². The van der Waals surface area contributed by atoms with Crippen LogP contribution in [0.5, 0.6) is 0 Å².